The lowest BCUT2D eigenvalue weighted by Gasteiger charge is -2.44. The number of carboxylic acids is 1. The van der Waals surface area contributed by atoms with Crippen LogP contribution in [0.25, 0.3) is 16.7 Å². The van der Waals surface area contributed by atoms with Crippen LogP contribution < -0.4 is 10.3 Å². The second-order valence-electron chi connectivity index (χ2n) is 8.91. The van der Waals surface area contributed by atoms with Crippen molar-refractivity contribution >= 4 is 23.3 Å². The molecule has 3 aromatic rings. The molecule has 1 fully saturated rings. The van der Waals surface area contributed by atoms with Gasteiger partial charge in [0, 0.05) is 6.07 Å². The van der Waals surface area contributed by atoms with Gasteiger partial charge in [-0.3, -0.25) is 10.5 Å². The smallest absolute Gasteiger partial charge is 0.352 e. The lowest BCUT2D eigenvalue weighted by atomic mass is 9.82. The van der Waals surface area contributed by atoms with Crippen molar-refractivity contribution in [1.82, 2.24) is 4.90 Å². The number of hydrogen-bond donors (Lipinski definition) is 3. The first-order valence-corrected chi connectivity index (χ1v) is 11.3. The Balaban J connectivity index is 1.36. The Labute approximate surface area is 197 Å². The highest BCUT2D eigenvalue weighted by Gasteiger charge is 2.56. The quantitative estimate of drug-likeness (QED) is 0.391. The van der Waals surface area contributed by atoms with Crippen LogP contribution in [-0.4, -0.2) is 39.1 Å². The van der Waals surface area contributed by atoms with Crippen LogP contribution in [0.2, 0.25) is 0 Å². The molecule has 2 aliphatic rings. The Hall–Kier alpha value is -3.97. The van der Waals surface area contributed by atoms with E-state index in [0.717, 1.165) is 22.3 Å². The number of pyridine rings is 1. The van der Waals surface area contributed by atoms with E-state index in [9.17, 15) is 19.8 Å². The van der Waals surface area contributed by atoms with Crippen molar-refractivity contribution in [2.45, 2.75) is 32.0 Å². The molecule has 34 heavy (non-hydrogen) atoms. The van der Waals surface area contributed by atoms with Crippen molar-refractivity contribution in [1.29, 1.82) is 0 Å². The van der Waals surface area contributed by atoms with Gasteiger partial charge in [0.05, 0.1) is 24.3 Å². The van der Waals surface area contributed by atoms with Crippen LogP contribution in [0.5, 0.6) is 0 Å². The molecule has 1 amide bonds. The van der Waals surface area contributed by atoms with E-state index < -0.39 is 18.0 Å². The first-order chi connectivity index (χ1) is 16.3. The highest BCUT2D eigenvalue weighted by molar-refractivity contribution is 6.06. The lowest BCUT2D eigenvalue weighted by molar-refractivity contribution is -0.674. The second-order valence-corrected chi connectivity index (χ2v) is 8.91. The summed E-state index contributed by atoms with van der Waals surface area (Å²) in [5.41, 5.74) is 10.7. The Morgan fingerprint density at radius 2 is 1.68 bits per heavy atom. The topological polar surface area (TPSA) is 108 Å². The molecule has 7 heteroatoms. The van der Waals surface area contributed by atoms with Crippen LogP contribution >= 0.6 is 0 Å². The highest BCUT2D eigenvalue weighted by atomic mass is 16.4. The predicted molar refractivity (Wildman–Crippen MR) is 127 cm³/mol. The first kappa shape index (κ1) is 21.9. The minimum absolute atomic E-state index is 0.0293. The van der Waals surface area contributed by atoms with Crippen molar-refractivity contribution in [3.63, 3.8) is 0 Å². The number of hydrogen-bond acceptors (Lipinski definition) is 4. The fourth-order valence-corrected chi connectivity index (χ4v) is 5.02. The fraction of sp³-hybridized carbons (Fsp3) is 0.222. The van der Waals surface area contributed by atoms with Gasteiger partial charge in [0.25, 0.3) is 5.82 Å². The largest absolute Gasteiger partial charge is 0.477 e. The summed E-state index contributed by atoms with van der Waals surface area (Å²) in [4.78, 5) is 25.7. The van der Waals surface area contributed by atoms with E-state index in [0.29, 0.717) is 24.4 Å². The normalized spacial score (nSPS) is 20.2. The average Bonchev–Trinajstić information content (AvgIpc) is 3.16. The molecule has 172 valence electrons. The van der Waals surface area contributed by atoms with Gasteiger partial charge in [0.1, 0.15) is 12.2 Å². The third kappa shape index (κ3) is 3.64. The van der Waals surface area contributed by atoms with E-state index in [-0.39, 0.29) is 17.6 Å². The van der Waals surface area contributed by atoms with Gasteiger partial charge < -0.3 is 15.1 Å². The van der Waals surface area contributed by atoms with Crippen LogP contribution in [0.15, 0.2) is 78.6 Å². The van der Waals surface area contributed by atoms with Gasteiger partial charge in [-0.25, -0.2) is 9.36 Å². The zero-order valence-electron chi connectivity index (χ0n) is 18.8. The maximum atomic E-state index is 12.4. The number of amides is 1. The van der Waals surface area contributed by atoms with E-state index in [1.807, 2.05) is 53.2 Å². The number of aliphatic hydroxyl groups excluding tert-OH is 1. The summed E-state index contributed by atoms with van der Waals surface area (Å²) in [5.74, 6) is -1.28. The summed E-state index contributed by atoms with van der Waals surface area (Å²) >= 11 is 0. The number of benzene rings is 2. The van der Waals surface area contributed by atoms with E-state index in [1.54, 1.807) is 6.92 Å². The fourth-order valence-electron chi connectivity index (χ4n) is 5.02. The van der Waals surface area contributed by atoms with Crippen molar-refractivity contribution < 1.29 is 24.4 Å². The van der Waals surface area contributed by atoms with E-state index in [2.05, 4.69) is 24.3 Å². The molecule has 0 unspecified atom stereocenters. The Morgan fingerprint density at radius 1 is 1.06 bits per heavy atom. The minimum atomic E-state index is -1.12. The number of aliphatic carboxylic acids is 1. The number of anilines is 1. The Kier molecular flexibility index (Phi) is 5.42. The van der Waals surface area contributed by atoms with Crippen LogP contribution in [0.1, 0.15) is 24.5 Å². The maximum absolute atomic E-state index is 12.4. The van der Waals surface area contributed by atoms with E-state index in [4.69, 9.17) is 5.73 Å². The first-order valence-electron chi connectivity index (χ1n) is 11.3. The number of carbonyl (C=O) groups is 2. The Bertz CT molecular complexity index is 1300. The number of fused-ring (bicyclic) bond motifs is 1. The van der Waals surface area contributed by atoms with Crippen molar-refractivity contribution in [3.8, 4) is 11.1 Å². The van der Waals surface area contributed by atoms with Crippen LogP contribution in [0, 0.1) is 5.92 Å². The number of nitrogens with zero attached hydrogens (tertiary/aromatic N) is 2. The van der Waals surface area contributed by atoms with Crippen molar-refractivity contribution in [3.05, 3.63) is 89.8 Å². The van der Waals surface area contributed by atoms with Gasteiger partial charge >= 0.3 is 5.97 Å². The number of nitrogen functional groups attached to an aromatic ring is 1. The molecule has 3 atom stereocenters. The minimum Gasteiger partial charge on any atom is -0.477 e. The second kappa shape index (κ2) is 8.43. The third-order valence-electron chi connectivity index (χ3n) is 6.78. The lowest BCUT2D eigenvalue weighted by Crippen LogP contribution is -2.61. The average molecular weight is 457 g/mol. The van der Waals surface area contributed by atoms with Crippen LogP contribution in [-0.2, 0) is 16.1 Å². The number of β-lactam (4-membered cyclic amide) rings is 1. The summed E-state index contributed by atoms with van der Waals surface area (Å²) in [6.07, 6.45) is 1.58. The molecule has 1 saturated heterocycles. The molecule has 7 nitrogen and oxygen atoms in total. The molecule has 0 spiro atoms. The number of aromatic nitrogens is 1. The molecular weight excluding hydrogens is 430 g/mol. The van der Waals surface area contributed by atoms with Gasteiger partial charge in [0.15, 0.2) is 0 Å². The summed E-state index contributed by atoms with van der Waals surface area (Å²) in [5, 5.41) is 19.7. The van der Waals surface area contributed by atoms with Crippen LogP contribution in [0.3, 0.4) is 0 Å². The number of carboxylic acid groups (broad SMARTS) is 1. The van der Waals surface area contributed by atoms with Crippen molar-refractivity contribution in [2.24, 2.45) is 5.92 Å². The SMILES string of the molecule is C[C@@H](O)[C@H]1C(=O)N2C(C(=O)O)=C(c3ccc(-c4ccc(C[n+]5ccccc5N)cc4)cc3)C[C@H]12. The zero-order valence-corrected chi connectivity index (χ0v) is 18.8. The molecule has 0 radical (unpaired) electrons. The molecule has 0 saturated carbocycles. The molecule has 3 heterocycles. The standard InChI is InChI=1S/C27H25N3O4/c1-16(31)24-22-14-21(25(27(33)34)30(22)26(24)32)20-11-9-19(10-12-20)18-7-5-17(6-8-18)15-29-13-3-2-4-23(29)28/h2-13,16,22,24,28,31H,14-15H2,1H3,(H,33,34)/p+1/t16-,22-,24-/m1/s1. The number of rotatable bonds is 6. The molecule has 0 aliphatic carbocycles. The van der Waals surface area contributed by atoms with Crippen LogP contribution in [0.4, 0.5) is 5.82 Å². The third-order valence-corrected chi connectivity index (χ3v) is 6.78. The summed E-state index contributed by atoms with van der Waals surface area (Å²) in [6.45, 7) is 2.26. The van der Waals surface area contributed by atoms with E-state index >= 15 is 0 Å². The molecule has 2 aromatic carbocycles. The van der Waals surface area contributed by atoms with Crippen molar-refractivity contribution in [2.75, 3.05) is 5.73 Å². The summed E-state index contributed by atoms with van der Waals surface area (Å²) in [7, 11) is 0. The number of aliphatic hydroxyl groups is 1. The molecule has 1 aromatic heterocycles. The zero-order chi connectivity index (χ0) is 24.0. The van der Waals surface area contributed by atoms with Gasteiger partial charge in [-0.05, 0) is 47.2 Å². The van der Waals surface area contributed by atoms with E-state index in [1.165, 1.54) is 4.90 Å². The van der Waals surface area contributed by atoms with Gasteiger partial charge in [-0.1, -0.05) is 54.6 Å². The van der Waals surface area contributed by atoms with Gasteiger partial charge in [-0.2, -0.15) is 0 Å². The van der Waals surface area contributed by atoms with Gasteiger partial charge in [-0.15, -0.1) is 0 Å². The maximum Gasteiger partial charge on any atom is 0.352 e. The highest BCUT2D eigenvalue weighted by Crippen LogP contribution is 2.47. The number of carbonyl (C=O) groups excluding carboxylic acids is 1. The van der Waals surface area contributed by atoms with Gasteiger partial charge in [0.2, 0.25) is 5.91 Å². The summed E-state index contributed by atoms with van der Waals surface area (Å²) in [6, 6.07) is 21.4. The number of nitrogens with two attached hydrogens (primary N) is 1. The Morgan fingerprint density at radius 3 is 2.26 bits per heavy atom. The monoisotopic (exact) mass is 456 g/mol. The predicted octanol–water partition coefficient (Wildman–Crippen LogP) is 2.68. The molecule has 5 rings (SSSR count). The molecule has 4 N–H and O–H groups in total. The molecular formula is C27H26N3O4+. The molecule has 0 bridgehead atoms. The summed E-state index contributed by atoms with van der Waals surface area (Å²) < 4.78 is 1.98. The molecule has 2 aliphatic heterocycles.